The quantitative estimate of drug-likeness (QED) is 0.688. The Morgan fingerprint density at radius 3 is 2.84 bits per heavy atom. The molecule has 1 nitrogen and oxygen atoms in total. The highest BCUT2D eigenvalue weighted by Crippen LogP contribution is 2.16. The van der Waals surface area contributed by atoms with Crippen molar-refractivity contribution in [3.63, 3.8) is 0 Å². The average Bonchev–Trinajstić information content (AvgIpc) is 2.58. The maximum Gasteiger partial charge on any atom is 0.116 e. The van der Waals surface area contributed by atoms with E-state index in [2.05, 4.69) is 31.0 Å². The molecule has 1 aliphatic carbocycles. The van der Waals surface area contributed by atoms with Gasteiger partial charge in [-0.05, 0) is 44.8 Å². The lowest BCUT2D eigenvalue weighted by Crippen LogP contribution is -2.19. The summed E-state index contributed by atoms with van der Waals surface area (Å²) in [6.45, 7) is 9.00. The minimum Gasteiger partial charge on any atom is -0.309 e. The number of nitrogens with one attached hydrogen (secondary N) is 1. The first-order valence-electron chi connectivity index (χ1n) is 6.85. The highest BCUT2D eigenvalue weighted by molar-refractivity contribution is 5.25. The van der Waals surface area contributed by atoms with Crippen LogP contribution in [0.15, 0.2) is 59.5 Å². The molecule has 1 rings (SSSR count). The van der Waals surface area contributed by atoms with Gasteiger partial charge in [-0.25, -0.2) is 4.39 Å². The fraction of sp³-hybridized carbons (Fsp3) is 0.412. The summed E-state index contributed by atoms with van der Waals surface area (Å²) in [5.74, 6) is -0.411. The highest BCUT2D eigenvalue weighted by Gasteiger charge is 2.02. The van der Waals surface area contributed by atoms with E-state index in [1.54, 1.807) is 6.08 Å². The molecule has 0 saturated carbocycles. The Morgan fingerprint density at radius 1 is 1.37 bits per heavy atom. The molecule has 19 heavy (non-hydrogen) atoms. The summed E-state index contributed by atoms with van der Waals surface area (Å²) in [6.07, 6.45) is 13.2. The van der Waals surface area contributed by atoms with Crippen molar-refractivity contribution >= 4 is 0 Å². The standard InChI is InChI=1S/C17H24FN/c1-4-16(11-9-15(3)18)12-19-13-17-7-5-6-14(2)8-10-17/h4,8-11,19H,3,5-7,12-13H2,1-2H3/b11-9-,16-4+. The molecule has 0 spiro atoms. The predicted molar refractivity (Wildman–Crippen MR) is 81.7 cm³/mol. The second-order valence-corrected chi connectivity index (χ2v) is 4.94. The van der Waals surface area contributed by atoms with E-state index in [1.807, 2.05) is 13.0 Å². The third-order valence-corrected chi connectivity index (χ3v) is 3.20. The van der Waals surface area contributed by atoms with Crippen molar-refractivity contribution in [3.8, 4) is 0 Å². The number of halogens is 1. The first kappa shape index (κ1) is 15.6. The van der Waals surface area contributed by atoms with Gasteiger partial charge in [0.1, 0.15) is 5.83 Å². The summed E-state index contributed by atoms with van der Waals surface area (Å²) in [5.41, 5.74) is 3.96. The molecule has 0 heterocycles. The molecule has 104 valence electrons. The largest absolute Gasteiger partial charge is 0.309 e. The molecule has 0 aromatic rings. The zero-order chi connectivity index (χ0) is 14.1. The molecule has 0 radical (unpaired) electrons. The molecule has 0 fully saturated rings. The van der Waals surface area contributed by atoms with Gasteiger partial charge in [-0.1, -0.05) is 42.0 Å². The van der Waals surface area contributed by atoms with E-state index in [-0.39, 0.29) is 0 Å². The molecule has 0 aromatic heterocycles. The van der Waals surface area contributed by atoms with Crippen molar-refractivity contribution in [2.24, 2.45) is 0 Å². The Bertz CT molecular complexity index is 425. The van der Waals surface area contributed by atoms with Crippen molar-refractivity contribution in [1.29, 1.82) is 0 Å². The number of rotatable bonds is 6. The van der Waals surface area contributed by atoms with Gasteiger partial charge in [-0.3, -0.25) is 0 Å². The van der Waals surface area contributed by atoms with Crippen molar-refractivity contribution in [3.05, 3.63) is 59.5 Å². The van der Waals surface area contributed by atoms with E-state index < -0.39 is 5.83 Å². The normalized spacial score (nSPS) is 17.1. The predicted octanol–water partition coefficient (Wildman–Crippen LogP) is 4.62. The Labute approximate surface area is 116 Å². The summed E-state index contributed by atoms with van der Waals surface area (Å²) in [7, 11) is 0. The van der Waals surface area contributed by atoms with Crippen LogP contribution in [0.1, 0.15) is 33.1 Å². The van der Waals surface area contributed by atoms with Gasteiger partial charge in [0, 0.05) is 13.1 Å². The van der Waals surface area contributed by atoms with Gasteiger partial charge in [0.05, 0.1) is 0 Å². The summed E-state index contributed by atoms with van der Waals surface area (Å²) in [5, 5.41) is 3.40. The van der Waals surface area contributed by atoms with Crippen LogP contribution in [-0.2, 0) is 0 Å². The van der Waals surface area contributed by atoms with E-state index in [9.17, 15) is 4.39 Å². The van der Waals surface area contributed by atoms with Gasteiger partial charge < -0.3 is 5.32 Å². The second kappa shape index (κ2) is 8.65. The van der Waals surface area contributed by atoms with E-state index in [0.29, 0.717) is 0 Å². The zero-order valence-electron chi connectivity index (χ0n) is 12.0. The van der Waals surface area contributed by atoms with E-state index in [1.165, 1.54) is 30.1 Å². The zero-order valence-corrected chi connectivity index (χ0v) is 12.0. The molecular weight excluding hydrogens is 237 g/mol. The minimum absolute atomic E-state index is 0.411. The molecule has 0 aliphatic heterocycles. The van der Waals surface area contributed by atoms with Crippen LogP contribution in [0.3, 0.4) is 0 Å². The SMILES string of the molecule is C=C(F)/C=C\C(=C/C)CNCC1=CC=C(C)CCC1. The number of hydrogen-bond donors (Lipinski definition) is 1. The summed E-state index contributed by atoms with van der Waals surface area (Å²) in [6, 6.07) is 0. The van der Waals surface area contributed by atoms with Gasteiger partial charge in [-0.2, -0.15) is 0 Å². The lowest BCUT2D eigenvalue weighted by Gasteiger charge is -2.08. The maximum atomic E-state index is 12.5. The van der Waals surface area contributed by atoms with Crippen molar-refractivity contribution in [1.82, 2.24) is 5.32 Å². The van der Waals surface area contributed by atoms with Gasteiger partial charge in [-0.15, -0.1) is 0 Å². The van der Waals surface area contributed by atoms with Crippen LogP contribution in [0.4, 0.5) is 4.39 Å². The van der Waals surface area contributed by atoms with Crippen molar-refractivity contribution in [2.45, 2.75) is 33.1 Å². The molecule has 0 amide bonds. The minimum atomic E-state index is -0.411. The fourth-order valence-corrected chi connectivity index (χ4v) is 1.99. The molecule has 0 atom stereocenters. The van der Waals surface area contributed by atoms with E-state index >= 15 is 0 Å². The Kier molecular flexibility index (Phi) is 7.12. The first-order valence-corrected chi connectivity index (χ1v) is 6.85. The second-order valence-electron chi connectivity index (χ2n) is 4.94. The summed E-state index contributed by atoms with van der Waals surface area (Å²) < 4.78 is 12.5. The molecule has 1 aliphatic rings. The van der Waals surface area contributed by atoms with E-state index in [4.69, 9.17) is 0 Å². The van der Waals surface area contributed by atoms with Crippen LogP contribution in [0, 0.1) is 0 Å². The summed E-state index contributed by atoms with van der Waals surface area (Å²) >= 11 is 0. The van der Waals surface area contributed by atoms with Crippen LogP contribution >= 0.6 is 0 Å². The van der Waals surface area contributed by atoms with Crippen molar-refractivity contribution < 1.29 is 4.39 Å². The highest BCUT2D eigenvalue weighted by atomic mass is 19.1. The lowest BCUT2D eigenvalue weighted by atomic mass is 10.1. The molecule has 0 unspecified atom stereocenters. The molecule has 0 aromatic carbocycles. The lowest BCUT2D eigenvalue weighted by molar-refractivity contribution is 0.671. The van der Waals surface area contributed by atoms with Crippen LogP contribution < -0.4 is 5.32 Å². The molecule has 1 N–H and O–H groups in total. The first-order chi connectivity index (χ1) is 9.11. The van der Waals surface area contributed by atoms with Crippen LogP contribution in [0.2, 0.25) is 0 Å². The number of hydrogen-bond acceptors (Lipinski definition) is 1. The Hall–Kier alpha value is -1.41. The maximum absolute atomic E-state index is 12.5. The molecule has 2 heteroatoms. The van der Waals surface area contributed by atoms with Gasteiger partial charge in [0.2, 0.25) is 0 Å². The van der Waals surface area contributed by atoms with Crippen LogP contribution in [0.5, 0.6) is 0 Å². The topological polar surface area (TPSA) is 12.0 Å². The smallest absolute Gasteiger partial charge is 0.116 e. The summed E-state index contributed by atoms with van der Waals surface area (Å²) in [4.78, 5) is 0. The Morgan fingerprint density at radius 2 is 2.16 bits per heavy atom. The fourth-order valence-electron chi connectivity index (χ4n) is 1.99. The van der Waals surface area contributed by atoms with Gasteiger partial charge >= 0.3 is 0 Å². The van der Waals surface area contributed by atoms with Gasteiger partial charge in [0.25, 0.3) is 0 Å². The van der Waals surface area contributed by atoms with Crippen LogP contribution in [-0.4, -0.2) is 13.1 Å². The third-order valence-electron chi connectivity index (χ3n) is 3.20. The van der Waals surface area contributed by atoms with Crippen LogP contribution in [0.25, 0.3) is 0 Å². The molecule has 0 bridgehead atoms. The molecular formula is C17H24FN. The average molecular weight is 261 g/mol. The van der Waals surface area contributed by atoms with Crippen molar-refractivity contribution in [2.75, 3.05) is 13.1 Å². The van der Waals surface area contributed by atoms with Gasteiger partial charge in [0.15, 0.2) is 0 Å². The third kappa shape index (κ3) is 6.92. The van der Waals surface area contributed by atoms with E-state index in [0.717, 1.165) is 25.1 Å². The number of allylic oxidation sites excluding steroid dienone is 6. The Balaban J connectivity index is 2.39. The molecule has 0 saturated heterocycles. The monoisotopic (exact) mass is 261 g/mol.